The highest BCUT2D eigenvalue weighted by atomic mass is 16.5. The first-order valence-corrected chi connectivity index (χ1v) is 12.2. The number of aryl methyl sites for hydroxylation is 1. The van der Waals surface area contributed by atoms with Gasteiger partial charge in [0.1, 0.15) is 11.6 Å². The molecule has 8 heteroatoms. The Morgan fingerprint density at radius 3 is 2.57 bits per heavy atom. The van der Waals surface area contributed by atoms with Gasteiger partial charge in [-0.05, 0) is 42.7 Å². The molecule has 0 radical (unpaired) electrons. The smallest absolute Gasteiger partial charge is 0.191 e. The summed E-state index contributed by atoms with van der Waals surface area (Å²) in [6.07, 6.45) is 3.88. The summed E-state index contributed by atoms with van der Waals surface area (Å²) in [6.45, 7) is 6.21. The molecule has 1 atom stereocenters. The van der Waals surface area contributed by atoms with E-state index in [1.807, 2.05) is 25.1 Å². The summed E-state index contributed by atoms with van der Waals surface area (Å²) < 4.78 is 19.1. The lowest BCUT2D eigenvalue weighted by Crippen LogP contribution is -2.36. The summed E-state index contributed by atoms with van der Waals surface area (Å²) in [5, 5.41) is 9.28. The lowest BCUT2D eigenvalue weighted by atomic mass is 9.90. The van der Waals surface area contributed by atoms with Gasteiger partial charge in [-0.1, -0.05) is 18.2 Å². The second kappa shape index (κ2) is 9.19. The van der Waals surface area contributed by atoms with E-state index in [1.54, 1.807) is 13.3 Å². The summed E-state index contributed by atoms with van der Waals surface area (Å²) in [6, 6.07) is 15.0. The maximum atomic E-state index is 5.71. The minimum atomic E-state index is 0.238. The van der Waals surface area contributed by atoms with Crippen molar-refractivity contribution in [3.8, 4) is 28.5 Å². The second-order valence-electron chi connectivity index (χ2n) is 9.08. The third-order valence-corrected chi connectivity index (χ3v) is 6.98. The third-order valence-electron chi connectivity index (χ3n) is 6.98. The van der Waals surface area contributed by atoms with E-state index in [4.69, 9.17) is 13.9 Å². The fourth-order valence-electron chi connectivity index (χ4n) is 5.16. The summed E-state index contributed by atoms with van der Waals surface area (Å²) in [5.74, 6) is 4.17. The second-order valence-corrected chi connectivity index (χ2v) is 9.08. The first kappa shape index (κ1) is 21.9. The van der Waals surface area contributed by atoms with Crippen molar-refractivity contribution in [2.75, 3.05) is 38.3 Å². The Kier molecular flexibility index (Phi) is 5.74. The Labute approximate surface area is 204 Å². The zero-order valence-corrected chi connectivity index (χ0v) is 20.1. The van der Waals surface area contributed by atoms with E-state index >= 15 is 0 Å². The van der Waals surface area contributed by atoms with Crippen molar-refractivity contribution in [1.82, 2.24) is 19.7 Å². The molecule has 0 N–H and O–H groups in total. The van der Waals surface area contributed by atoms with Crippen LogP contribution in [-0.2, 0) is 11.3 Å². The molecule has 180 valence electrons. The summed E-state index contributed by atoms with van der Waals surface area (Å²) >= 11 is 0. The SMILES string of the molecule is COc1cc(-c2nnc3n2CCCC3c2ccc(N3CCOCC3)cc2)ccc1-c1cnc(C)o1. The average Bonchev–Trinajstić information content (AvgIpc) is 3.55. The summed E-state index contributed by atoms with van der Waals surface area (Å²) in [7, 11) is 1.67. The van der Waals surface area contributed by atoms with Crippen LogP contribution in [0.2, 0.25) is 0 Å². The fraction of sp³-hybridized carbons (Fsp3) is 0.370. The number of rotatable bonds is 5. The molecule has 8 nitrogen and oxygen atoms in total. The molecule has 1 unspecified atom stereocenters. The van der Waals surface area contributed by atoms with Crippen LogP contribution in [0.5, 0.6) is 5.75 Å². The molecule has 2 aliphatic heterocycles. The molecule has 4 heterocycles. The molecule has 0 bridgehead atoms. The van der Waals surface area contributed by atoms with Crippen LogP contribution in [0.3, 0.4) is 0 Å². The van der Waals surface area contributed by atoms with Crippen LogP contribution in [-0.4, -0.2) is 53.2 Å². The highest BCUT2D eigenvalue weighted by Crippen LogP contribution is 2.38. The van der Waals surface area contributed by atoms with Gasteiger partial charge in [0.2, 0.25) is 0 Å². The molecule has 0 spiro atoms. The van der Waals surface area contributed by atoms with E-state index in [-0.39, 0.29) is 5.92 Å². The van der Waals surface area contributed by atoms with E-state index in [0.717, 1.165) is 74.2 Å². The van der Waals surface area contributed by atoms with Crippen LogP contribution >= 0.6 is 0 Å². The molecule has 4 aromatic rings. The largest absolute Gasteiger partial charge is 0.496 e. The van der Waals surface area contributed by atoms with E-state index in [0.29, 0.717) is 11.7 Å². The van der Waals surface area contributed by atoms with Gasteiger partial charge in [0.05, 0.1) is 32.1 Å². The predicted octanol–water partition coefficient (Wildman–Crippen LogP) is 4.68. The van der Waals surface area contributed by atoms with Crippen molar-refractivity contribution >= 4 is 5.69 Å². The van der Waals surface area contributed by atoms with E-state index < -0.39 is 0 Å². The number of ether oxygens (including phenoxy) is 2. The quantitative estimate of drug-likeness (QED) is 0.418. The predicted molar refractivity (Wildman–Crippen MR) is 133 cm³/mol. The Morgan fingerprint density at radius 2 is 1.83 bits per heavy atom. The maximum absolute atomic E-state index is 5.71. The Morgan fingerprint density at radius 1 is 1.00 bits per heavy atom. The normalized spacial score (nSPS) is 17.9. The standard InChI is InChI=1S/C27H29N5O3/c1-18-28-17-25(35-18)23-10-7-20(16-24(23)33-2)26-29-30-27-22(4-3-11-32(26)27)19-5-8-21(9-6-19)31-12-14-34-15-13-31/h5-10,16-17,22H,3-4,11-15H2,1-2H3. The van der Waals surface area contributed by atoms with Crippen LogP contribution in [0.25, 0.3) is 22.7 Å². The first-order valence-electron chi connectivity index (χ1n) is 12.2. The molecule has 2 aliphatic rings. The van der Waals surface area contributed by atoms with Gasteiger partial charge in [-0.3, -0.25) is 0 Å². The van der Waals surface area contributed by atoms with Gasteiger partial charge in [0.25, 0.3) is 0 Å². The number of methoxy groups -OCH3 is 1. The minimum Gasteiger partial charge on any atom is -0.496 e. The zero-order valence-electron chi connectivity index (χ0n) is 20.1. The molecular formula is C27H29N5O3. The fourth-order valence-corrected chi connectivity index (χ4v) is 5.16. The molecule has 2 aromatic carbocycles. The Hall–Kier alpha value is -3.65. The monoisotopic (exact) mass is 471 g/mol. The summed E-state index contributed by atoms with van der Waals surface area (Å²) in [5.41, 5.74) is 4.39. The highest BCUT2D eigenvalue weighted by molar-refractivity contribution is 5.71. The van der Waals surface area contributed by atoms with Crippen molar-refractivity contribution in [3.63, 3.8) is 0 Å². The molecule has 35 heavy (non-hydrogen) atoms. The van der Waals surface area contributed by atoms with Gasteiger partial charge in [0, 0.05) is 43.7 Å². The van der Waals surface area contributed by atoms with Crippen LogP contribution < -0.4 is 9.64 Å². The molecule has 2 aromatic heterocycles. The number of aromatic nitrogens is 4. The topological polar surface area (TPSA) is 78.4 Å². The molecule has 0 amide bonds. The molecule has 1 fully saturated rings. The van der Waals surface area contributed by atoms with Crippen LogP contribution in [0.4, 0.5) is 5.69 Å². The molecular weight excluding hydrogens is 442 g/mol. The zero-order chi connectivity index (χ0) is 23.8. The van der Waals surface area contributed by atoms with Gasteiger partial charge < -0.3 is 23.4 Å². The molecule has 0 aliphatic carbocycles. The van der Waals surface area contributed by atoms with Crippen molar-refractivity contribution < 1.29 is 13.9 Å². The van der Waals surface area contributed by atoms with Gasteiger partial charge >= 0.3 is 0 Å². The lowest BCUT2D eigenvalue weighted by molar-refractivity contribution is 0.122. The van der Waals surface area contributed by atoms with Crippen molar-refractivity contribution in [2.24, 2.45) is 0 Å². The maximum Gasteiger partial charge on any atom is 0.191 e. The van der Waals surface area contributed by atoms with E-state index in [9.17, 15) is 0 Å². The van der Waals surface area contributed by atoms with Crippen molar-refractivity contribution in [1.29, 1.82) is 0 Å². The highest BCUT2D eigenvalue weighted by Gasteiger charge is 2.28. The van der Waals surface area contributed by atoms with Gasteiger partial charge in [0.15, 0.2) is 17.5 Å². The van der Waals surface area contributed by atoms with Gasteiger partial charge in [-0.15, -0.1) is 10.2 Å². The third kappa shape index (κ3) is 4.08. The van der Waals surface area contributed by atoms with Gasteiger partial charge in [-0.25, -0.2) is 4.98 Å². The lowest BCUT2D eigenvalue weighted by Gasteiger charge is -2.29. The average molecular weight is 472 g/mol. The first-order chi connectivity index (χ1) is 17.2. The van der Waals surface area contributed by atoms with E-state index in [2.05, 4.69) is 48.9 Å². The van der Waals surface area contributed by atoms with E-state index in [1.165, 1.54) is 11.3 Å². The molecule has 1 saturated heterocycles. The number of anilines is 1. The summed E-state index contributed by atoms with van der Waals surface area (Å²) in [4.78, 5) is 6.59. The van der Waals surface area contributed by atoms with Crippen LogP contribution in [0.1, 0.15) is 36.0 Å². The number of oxazole rings is 1. The number of fused-ring (bicyclic) bond motifs is 1. The van der Waals surface area contributed by atoms with Gasteiger partial charge in [-0.2, -0.15) is 0 Å². The molecule has 0 saturated carbocycles. The van der Waals surface area contributed by atoms with Crippen molar-refractivity contribution in [2.45, 2.75) is 32.2 Å². The number of hydrogen-bond acceptors (Lipinski definition) is 7. The minimum absolute atomic E-state index is 0.238. The van der Waals surface area contributed by atoms with Crippen LogP contribution in [0.15, 0.2) is 53.1 Å². The number of morpholine rings is 1. The number of benzene rings is 2. The molecule has 6 rings (SSSR count). The Bertz CT molecular complexity index is 1320. The Balaban J connectivity index is 1.29. The van der Waals surface area contributed by atoms with Crippen LogP contribution in [0, 0.1) is 6.92 Å². The number of hydrogen-bond donors (Lipinski definition) is 0. The van der Waals surface area contributed by atoms with Crippen molar-refractivity contribution in [3.05, 3.63) is 65.9 Å². The number of nitrogens with zero attached hydrogens (tertiary/aromatic N) is 5.